The van der Waals surface area contributed by atoms with Gasteiger partial charge in [-0.15, -0.1) is 0 Å². The number of likely N-dealkylation sites (tertiary alicyclic amines) is 1. The quantitative estimate of drug-likeness (QED) is 0.920. The number of carbonyl (C=O) groups is 1. The van der Waals surface area contributed by atoms with E-state index < -0.39 is 0 Å². The molecule has 3 rings (SSSR count). The summed E-state index contributed by atoms with van der Waals surface area (Å²) < 4.78 is 5.21. The fraction of sp³-hybridized carbons (Fsp3) is 0.500. The molecule has 1 aliphatic heterocycles. The van der Waals surface area contributed by atoms with Gasteiger partial charge in [0, 0.05) is 43.6 Å². The molecule has 0 aromatic carbocycles. The van der Waals surface area contributed by atoms with Crippen molar-refractivity contribution in [2.75, 3.05) is 13.1 Å². The van der Waals surface area contributed by atoms with E-state index in [9.17, 15) is 4.79 Å². The van der Waals surface area contributed by atoms with Crippen molar-refractivity contribution in [1.29, 1.82) is 0 Å². The molecule has 1 fully saturated rings. The number of aryl methyl sites for hydroxylation is 2. The highest BCUT2D eigenvalue weighted by molar-refractivity contribution is 5.92. The average molecular weight is 315 g/mol. The monoisotopic (exact) mass is 315 g/mol. The second kappa shape index (κ2) is 6.87. The molecule has 1 amide bonds. The van der Waals surface area contributed by atoms with Gasteiger partial charge in [0.15, 0.2) is 0 Å². The SMILES string of the molecule is Cc1noc(C)c1CN1CCC(NC(=O)c2cnccn2)CC1. The highest BCUT2D eigenvalue weighted by atomic mass is 16.5. The second-order valence-electron chi connectivity index (χ2n) is 5.92. The molecule has 1 saturated heterocycles. The van der Waals surface area contributed by atoms with Gasteiger partial charge in [-0.2, -0.15) is 0 Å². The van der Waals surface area contributed by atoms with E-state index in [0.29, 0.717) is 5.69 Å². The molecular weight excluding hydrogens is 294 g/mol. The first-order chi connectivity index (χ1) is 11.1. The van der Waals surface area contributed by atoms with Crippen LogP contribution in [0.1, 0.15) is 40.3 Å². The smallest absolute Gasteiger partial charge is 0.271 e. The highest BCUT2D eigenvalue weighted by Gasteiger charge is 2.23. The number of hydrogen-bond acceptors (Lipinski definition) is 6. The van der Waals surface area contributed by atoms with Crippen LogP contribution in [-0.2, 0) is 6.54 Å². The van der Waals surface area contributed by atoms with Crippen molar-refractivity contribution >= 4 is 5.91 Å². The number of rotatable bonds is 4. The molecule has 2 aromatic heterocycles. The summed E-state index contributed by atoms with van der Waals surface area (Å²) in [4.78, 5) is 22.4. The van der Waals surface area contributed by atoms with Gasteiger partial charge in [-0.05, 0) is 26.7 Å². The van der Waals surface area contributed by atoms with Gasteiger partial charge in [0.05, 0.1) is 11.9 Å². The number of nitrogens with zero attached hydrogens (tertiary/aromatic N) is 4. The normalized spacial score (nSPS) is 16.4. The lowest BCUT2D eigenvalue weighted by Gasteiger charge is -2.32. The Hall–Kier alpha value is -2.28. The van der Waals surface area contributed by atoms with Crippen molar-refractivity contribution in [3.8, 4) is 0 Å². The molecule has 0 atom stereocenters. The molecule has 1 N–H and O–H groups in total. The summed E-state index contributed by atoms with van der Waals surface area (Å²) in [6, 6.07) is 0.186. The zero-order valence-electron chi connectivity index (χ0n) is 13.5. The minimum absolute atomic E-state index is 0.151. The predicted molar refractivity (Wildman–Crippen MR) is 83.8 cm³/mol. The van der Waals surface area contributed by atoms with Crippen molar-refractivity contribution in [3.05, 3.63) is 41.3 Å². The molecule has 3 heterocycles. The van der Waals surface area contributed by atoms with E-state index in [-0.39, 0.29) is 11.9 Å². The fourth-order valence-corrected chi connectivity index (χ4v) is 2.86. The third kappa shape index (κ3) is 3.73. The Morgan fingerprint density at radius 2 is 2.13 bits per heavy atom. The number of hydrogen-bond donors (Lipinski definition) is 1. The first-order valence-corrected chi connectivity index (χ1v) is 7.84. The summed E-state index contributed by atoms with van der Waals surface area (Å²) in [6.45, 7) is 6.65. The van der Waals surface area contributed by atoms with Gasteiger partial charge in [-0.3, -0.25) is 14.7 Å². The van der Waals surface area contributed by atoms with Gasteiger partial charge in [0.1, 0.15) is 11.5 Å². The van der Waals surface area contributed by atoms with Crippen molar-refractivity contribution in [3.63, 3.8) is 0 Å². The lowest BCUT2D eigenvalue weighted by molar-refractivity contribution is 0.0903. The number of carbonyl (C=O) groups excluding carboxylic acids is 1. The first-order valence-electron chi connectivity index (χ1n) is 7.84. The van der Waals surface area contributed by atoms with Crippen LogP contribution in [-0.4, -0.2) is 45.1 Å². The largest absolute Gasteiger partial charge is 0.361 e. The van der Waals surface area contributed by atoms with Crippen molar-refractivity contribution in [1.82, 2.24) is 25.3 Å². The summed E-state index contributed by atoms with van der Waals surface area (Å²) in [5.74, 6) is 0.739. The highest BCUT2D eigenvalue weighted by Crippen LogP contribution is 2.18. The van der Waals surface area contributed by atoms with Crippen LogP contribution in [0, 0.1) is 13.8 Å². The van der Waals surface area contributed by atoms with Crippen molar-refractivity contribution in [2.45, 2.75) is 39.3 Å². The summed E-state index contributed by atoms with van der Waals surface area (Å²) in [7, 11) is 0. The van der Waals surface area contributed by atoms with E-state index in [1.807, 2.05) is 13.8 Å². The Morgan fingerprint density at radius 3 is 2.74 bits per heavy atom. The van der Waals surface area contributed by atoms with Gasteiger partial charge >= 0.3 is 0 Å². The van der Waals surface area contributed by atoms with E-state index in [0.717, 1.165) is 43.9 Å². The Kier molecular flexibility index (Phi) is 4.66. The summed E-state index contributed by atoms with van der Waals surface area (Å²) in [5, 5.41) is 7.04. The fourth-order valence-electron chi connectivity index (χ4n) is 2.86. The molecule has 23 heavy (non-hydrogen) atoms. The average Bonchev–Trinajstić information content (AvgIpc) is 2.89. The molecule has 0 saturated carbocycles. The first kappa shape index (κ1) is 15.6. The van der Waals surface area contributed by atoms with Gasteiger partial charge in [-0.1, -0.05) is 5.16 Å². The number of amides is 1. The van der Waals surface area contributed by atoms with Crippen LogP contribution < -0.4 is 5.32 Å². The van der Waals surface area contributed by atoms with E-state index in [1.54, 1.807) is 6.20 Å². The number of aromatic nitrogens is 3. The maximum absolute atomic E-state index is 12.1. The second-order valence-corrected chi connectivity index (χ2v) is 5.92. The Balaban J connectivity index is 1.50. The molecule has 0 aliphatic carbocycles. The van der Waals surface area contributed by atoms with Gasteiger partial charge in [0.25, 0.3) is 5.91 Å². The molecule has 0 unspecified atom stereocenters. The summed E-state index contributed by atoms with van der Waals surface area (Å²) >= 11 is 0. The molecule has 1 aliphatic rings. The van der Waals surface area contributed by atoms with Crippen LogP contribution in [0.25, 0.3) is 0 Å². The maximum Gasteiger partial charge on any atom is 0.271 e. The van der Waals surface area contributed by atoms with Crippen LogP contribution in [0.3, 0.4) is 0 Å². The van der Waals surface area contributed by atoms with E-state index in [1.165, 1.54) is 18.0 Å². The Morgan fingerprint density at radius 1 is 1.35 bits per heavy atom. The topological polar surface area (TPSA) is 84.2 Å². The lowest BCUT2D eigenvalue weighted by Crippen LogP contribution is -2.44. The molecule has 0 spiro atoms. The van der Waals surface area contributed by atoms with E-state index >= 15 is 0 Å². The zero-order chi connectivity index (χ0) is 16.2. The Bertz CT molecular complexity index is 643. The van der Waals surface area contributed by atoms with E-state index in [4.69, 9.17) is 4.52 Å². The molecule has 7 nitrogen and oxygen atoms in total. The van der Waals surface area contributed by atoms with Gasteiger partial charge < -0.3 is 9.84 Å². The third-order valence-electron chi connectivity index (χ3n) is 4.28. The standard InChI is InChI=1S/C16H21N5O2/c1-11-14(12(2)23-20-11)10-21-7-3-13(4-8-21)19-16(22)15-9-17-5-6-18-15/h5-6,9,13H,3-4,7-8,10H2,1-2H3,(H,19,22). The maximum atomic E-state index is 12.1. The van der Waals surface area contributed by atoms with Crippen molar-refractivity contribution in [2.24, 2.45) is 0 Å². The van der Waals surface area contributed by atoms with Crippen LogP contribution in [0.15, 0.2) is 23.1 Å². The van der Waals surface area contributed by atoms with Crippen LogP contribution in [0.5, 0.6) is 0 Å². The van der Waals surface area contributed by atoms with E-state index in [2.05, 4.69) is 25.3 Å². The Labute approximate surface area is 135 Å². The molecule has 7 heteroatoms. The molecule has 0 bridgehead atoms. The van der Waals surface area contributed by atoms with Crippen LogP contribution >= 0.6 is 0 Å². The third-order valence-corrected chi connectivity index (χ3v) is 4.28. The van der Waals surface area contributed by atoms with Crippen LogP contribution in [0.4, 0.5) is 0 Å². The molecular formula is C16H21N5O2. The molecule has 2 aromatic rings. The predicted octanol–water partition coefficient (Wildman–Crippen LogP) is 1.48. The van der Waals surface area contributed by atoms with Gasteiger partial charge in [-0.25, -0.2) is 4.98 Å². The summed E-state index contributed by atoms with van der Waals surface area (Å²) in [6.07, 6.45) is 6.43. The minimum atomic E-state index is -0.151. The minimum Gasteiger partial charge on any atom is -0.361 e. The van der Waals surface area contributed by atoms with Crippen molar-refractivity contribution < 1.29 is 9.32 Å². The van der Waals surface area contributed by atoms with Gasteiger partial charge in [0.2, 0.25) is 0 Å². The molecule has 0 radical (unpaired) electrons. The zero-order valence-corrected chi connectivity index (χ0v) is 13.5. The summed E-state index contributed by atoms with van der Waals surface area (Å²) in [5.41, 5.74) is 2.50. The number of piperidine rings is 1. The lowest BCUT2D eigenvalue weighted by atomic mass is 10.0. The number of nitrogens with one attached hydrogen (secondary N) is 1. The van der Waals surface area contributed by atoms with Crippen LogP contribution in [0.2, 0.25) is 0 Å². The molecule has 122 valence electrons.